The topological polar surface area (TPSA) is 96.6 Å². The summed E-state index contributed by atoms with van der Waals surface area (Å²) in [5.74, 6) is -0.0662. The Kier molecular flexibility index (Phi) is 6.58. The van der Waals surface area contributed by atoms with Gasteiger partial charge in [0.05, 0.1) is 36.6 Å². The van der Waals surface area contributed by atoms with E-state index in [0.717, 1.165) is 22.6 Å². The number of ether oxygens (including phenoxy) is 1. The zero-order valence-corrected chi connectivity index (χ0v) is 16.3. The van der Waals surface area contributed by atoms with Crippen molar-refractivity contribution >= 4 is 23.0 Å². The van der Waals surface area contributed by atoms with Crippen molar-refractivity contribution in [2.45, 2.75) is 19.0 Å². The molecule has 1 unspecified atom stereocenters. The van der Waals surface area contributed by atoms with Gasteiger partial charge in [-0.25, -0.2) is 0 Å². The van der Waals surface area contributed by atoms with Gasteiger partial charge in [-0.1, -0.05) is 48.5 Å². The Morgan fingerprint density at radius 3 is 2.34 bits per heavy atom. The van der Waals surface area contributed by atoms with Crippen molar-refractivity contribution in [3.05, 3.63) is 83.9 Å². The highest BCUT2D eigenvalue weighted by Gasteiger charge is 2.17. The summed E-state index contributed by atoms with van der Waals surface area (Å²) >= 11 is 0. The van der Waals surface area contributed by atoms with Crippen LogP contribution in [0.25, 0.3) is 0 Å². The molecule has 0 fully saturated rings. The zero-order valence-electron chi connectivity index (χ0n) is 16.3. The van der Waals surface area contributed by atoms with Crippen LogP contribution >= 0.6 is 0 Å². The maximum absolute atomic E-state index is 11.3. The van der Waals surface area contributed by atoms with Crippen LogP contribution in [0.5, 0.6) is 5.75 Å². The second-order valence-corrected chi connectivity index (χ2v) is 6.67. The van der Waals surface area contributed by atoms with Crippen molar-refractivity contribution in [1.82, 2.24) is 0 Å². The lowest BCUT2D eigenvalue weighted by molar-refractivity contribution is -0.137. The molecule has 0 aliphatic rings. The van der Waals surface area contributed by atoms with Crippen LogP contribution in [-0.4, -0.2) is 18.2 Å². The molecule has 0 amide bonds. The maximum atomic E-state index is 11.3. The number of benzene rings is 3. The normalized spacial score (nSPS) is 11.5. The van der Waals surface area contributed by atoms with Crippen LogP contribution < -0.4 is 21.1 Å². The number of methoxy groups -OCH3 is 1. The minimum Gasteiger partial charge on any atom is -0.497 e. The van der Waals surface area contributed by atoms with Gasteiger partial charge in [-0.05, 0) is 35.4 Å². The standard InChI is InChI=1S/C23H25N3O3/c1-29-18-12-10-16(11-13-18)15-25-19-8-5-9-20(23(19)24)26-21(14-22(27)28)17-6-3-2-4-7-17/h2-13,21,25-26H,14-15,24H2,1H3,(H,27,28). The van der Waals surface area contributed by atoms with E-state index in [4.69, 9.17) is 10.5 Å². The maximum Gasteiger partial charge on any atom is 0.305 e. The number of anilines is 3. The fourth-order valence-corrected chi connectivity index (χ4v) is 3.09. The smallest absolute Gasteiger partial charge is 0.305 e. The molecule has 0 aliphatic heterocycles. The number of carboxylic acid groups (broad SMARTS) is 1. The van der Waals surface area contributed by atoms with E-state index in [1.54, 1.807) is 7.11 Å². The SMILES string of the molecule is COc1ccc(CNc2cccc(NC(CC(=O)O)c3ccccc3)c2N)cc1. The van der Waals surface area contributed by atoms with Crippen molar-refractivity contribution in [2.75, 3.05) is 23.5 Å². The van der Waals surface area contributed by atoms with Crippen LogP contribution in [0.15, 0.2) is 72.8 Å². The Balaban J connectivity index is 1.75. The molecule has 3 aromatic carbocycles. The molecule has 150 valence electrons. The minimum absolute atomic E-state index is 0.0487. The molecule has 6 heteroatoms. The number of nitrogen functional groups attached to an aromatic ring is 1. The Morgan fingerprint density at radius 2 is 1.69 bits per heavy atom. The van der Waals surface area contributed by atoms with E-state index in [-0.39, 0.29) is 12.5 Å². The number of rotatable bonds is 9. The van der Waals surface area contributed by atoms with Gasteiger partial charge in [-0.15, -0.1) is 0 Å². The molecule has 0 bridgehead atoms. The summed E-state index contributed by atoms with van der Waals surface area (Å²) in [6, 6.07) is 22.6. The molecule has 0 heterocycles. The Morgan fingerprint density at radius 1 is 1.00 bits per heavy atom. The summed E-state index contributed by atoms with van der Waals surface area (Å²) in [6.07, 6.45) is -0.0487. The first-order valence-electron chi connectivity index (χ1n) is 9.35. The lowest BCUT2D eigenvalue weighted by Gasteiger charge is -2.21. The van der Waals surface area contributed by atoms with E-state index >= 15 is 0 Å². The summed E-state index contributed by atoms with van der Waals surface area (Å²) < 4.78 is 5.18. The molecule has 3 aromatic rings. The average molecular weight is 391 g/mol. The van der Waals surface area contributed by atoms with Crippen LogP contribution in [0.1, 0.15) is 23.6 Å². The first-order chi connectivity index (χ1) is 14.1. The molecule has 0 radical (unpaired) electrons. The summed E-state index contributed by atoms with van der Waals surface area (Å²) in [5, 5.41) is 15.9. The van der Waals surface area contributed by atoms with Gasteiger partial charge in [-0.2, -0.15) is 0 Å². The van der Waals surface area contributed by atoms with Crippen molar-refractivity contribution in [3.63, 3.8) is 0 Å². The fourth-order valence-electron chi connectivity index (χ4n) is 3.09. The zero-order chi connectivity index (χ0) is 20.6. The van der Waals surface area contributed by atoms with Gasteiger partial charge in [0.25, 0.3) is 0 Å². The third kappa shape index (κ3) is 5.42. The number of carbonyl (C=O) groups is 1. The van der Waals surface area contributed by atoms with Crippen molar-refractivity contribution in [2.24, 2.45) is 0 Å². The molecule has 6 nitrogen and oxygen atoms in total. The van der Waals surface area contributed by atoms with Crippen molar-refractivity contribution in [3.8, 4) is 5.75 Å². The molecule has 29 heavy (non-hydrogen) atoms. The molecular weight excluding hydrogens is 366 g/mol. The van der Waals surface area contributed by atoms with Gasteiger partial charge in [0.1, 0.15) is 5.75 Å². The first-order valence-corrected chi connectivity index (χ1v) is 9.35. The monoisotopic (exact) mass is 391 g/mol. The quantitative estimate of drug-likeness (QED) is 0.401. The number of hydrogen-bond acceptors (Lipinski definition) is 5. The molecule has 3 rings (SSSR count). The first kappa shape index (κ1) is 20.1. The van der Waals surface area contributed by atoms with Crippen LogP contribution in [0.2, 0.25) is 0 Å². The lowest BCUT2D eigenvalue weighted by atomic mass is 10.0. The second-order valence-electron chi connectivity index (χ2n) is 6.67. The van der Waals surface area contributed by atoms with Crippen molar-refractivity contribution in [1.29, 1.82) is 0 Å². The number of nitrogens with two attached hydrogens (primary N) is 1. The van der Waals surface area contributed by atoms with E-state index in [1.807, 2.05) is 72.8 Å². The Bertz CT molecular complexity index is 943. The second kappa shape index (κ2) is 9.50. The van der Waals surface area contributed by atoms with E-state index in [1.165, 1.54) is 0 Å². The van der Waals surface area contributed by atoms with Gasteiger partial charge in [0, 0.05) is 6.54 Å². The highest BCUT2D eigenvalue weighted by Crippen LogP contribution is 2.32. The number of hydrogen-bond donors (Lipinski definition) is 4. The summed E-state index contributed by atoms with van der Waals surface area (Å²) in [7, 11) is 1.64. The van der Waals surface area contributed by atoms with Gasteiger partial charge in [0.2, 0.25) is 0 Å². The van der Waals surface area contributed by atoms with Gasteiger partial charge < -0.3 is 26.2 Å². The number of nitrogens with one attached hydrogen (secondary N) is 2. The third-order valence-corrected chi connectivity index (χ3v) is 4.66. The largest absolute Gasteiger partial charge is 0.497 e. The van der Waals surface area contributed by atoms with E-state index in [2.05, 4.69) is 10.6 Å². The van der Waals surface area contributed by atoms with Crippen molar-refractivity contribution < 1.29 is 14.6 Å². The predicted molar refractivity (Wildman–Crippen MR) is 116 cm³/mol. The summed E-state index contributed by atoms with van der Waals surface area (Å²) in [4.78, 5) is 11.3. The molecule has 5 N–H and O–H groups in total. The minimum atomic E-state index is -0.876. The van der Waals surface area contributed by atoms with E-state index in [9.17, 15) is 9.90 Å². The molecule has 0 saturated heterocycles. The van der Waals surface area contributed by atoms with Crippen LogP contribution in [0.3, 0.4) is 0 Å². The van der Waals surface area contributed by atoms with Crippen LogP contribution in [0.4, 0.5) is 17.1 Å². The van der Waals surface area contributed by atoms with E-state index in [0.29, 0.717) is 17.9 Å². The van der Waals surface area contributed by atoms with Crippen LogP contribution in [-0.2, 0) is 11.3 Å². The predicted octanol–water partition coefficient (Wildman–Crippen LogP) is 4.52. The third-order valence-electron chi connectivity index (χ3n) is 4.66. The Labute approximate surface area is 170 Å². The number of aliphatic carboxylic acids is 1. The number of carboxylic acids is 1. The average Bonchev–Trinajstić information content (AvgIpc) is 2.74. The molecule has 0 spiro atoms. The van der Waals surface area contributed by atoms with Gasteiger partial charge in [0.15, 0.2) is 0 Å². The Hall–Kier alpha value is -3.67. The molecule has 0 saturated carbocycles. The molecule has 1 atom stereocenters. The molecule has 0 aliphatic carbocycles. The molecule has 0 aromatic heterocycles. The molecular formula is C23H25N3O3. The fraction of sp³-hybridized carbons (Fsp3) is 0.174. The summed E-state index contributed by atoms with van der Waals surface area (Å²) in [5.41, 5.74) is 10.4. The highest BCUT2D eigenvalue weighted by molar-refractivity contribution is 5.81. The lowest BCUT2D eigenvalue weighted by Crippen LogP contribution is -2.16. The van der Waals surface area contributed by atoms with Crippen LogP contribution in [0, 0.1) is 0 Å². The number of para-hydroxylation sites is 1. The summed E-state index contributed by atoms with van der Waals surface area (Å²) in [6.45, 7) is 0.606. The highest BCUT2D eigenvalue weighted by atomic mass is 16.5. The van der Waals surface area contributed by atoms with E-state index < -0.39 is 5.97 Å². The van der Waals surface area contributed by atoms with Gasteiger partial charge in [-0.3, -0.25) is 4.79 Å². The van der Waals surface area contributed by atoms with Gasteiger partial charge >= 0.3 is 5.97 Å².